The van der Waals surface area contributed by atoms with Gasteiger partial charge in [-0.25, -0.2) is 9.67 Å². The minimum absolute atomic E-state index is 0.771. The molecule has 2 aromatic heterocycles. The molecule has 0 aliphatic heterocycles. The van der Waals surface area contributed by atoms with Crippen molar-refractivity contribution in [2.45, 2.75) is 33.4 Å². The van der Waals surface area contributed by atoms with Crippen LogP contribution in [0.25, 0.3) is 10.9 Å². The molecule has 0 aliphatic rings. The van der Waals surface area contributed by atoms with Crippen LogP contribution in [-0.2, 0) is 13.1 Å². The van der Waals surface area contributed by atoms with Gasteiger partial charge in [0.1, 0.15) is 12.2 Å². The predicted octanol–water partition coefficient (Wildman–Crippen LogP) is 3.00. The largest absolute Gasteiger partial charge is 0.340 e. The highest BCUT2D eigenvalue weighted by molar-refractivity contribution is 5.80. The molecular formula is C15H18N4. The molecule has 0 unspecified atom stereocenters. The molecule has 3 aromatic rings. The first-order chi connectivity index (χ1) is 9.28. The molecule has 0 radical (unpaired) electrons. The molecule has 2 heterocycles. The molecule has 98 valence electrons. The fraction of sp³-hybridized carbons (Fsp3) is 0.333. The lowest BCUT2D eigenvalue weighted by Gasteiger charge is -2.07. The van der Waals surface area contributed by atoms with Crippen LogP contribution >= 0.6 is 0 Å². The summed E-state index contributed by atoms with van der Waals surface area (Å²) in [4.78, 5) is 4.37. The molecule has 0 spiro atoms. The molecule has 0 saturated carbocycles. The second kappa shape index (κ2) is 4.88. The third kappa shape index (κ3) is 2.26. The maximum Gasteiger partial charge on any atom is 0.146 e. The first-order valence-electron chi connectivity index (χ1n) is 6.70. The lowest BCUT2D eigenvalue weighted by atomic mass is 10.2. The summed E-state index contributed by atoms with van der Waals surface area (Å²) in [6.07, 6.45) is 4.83. The molecule has 4 nitrogen and oxygen atoms in total. The van der Waals surface area contributed by atoms with Gasteiger partial charge in [-0.15, -0.1) is 0 Å². The minimum Gasteiger partial charge on any atom is -0.340 e. The number of benzene rings is 1. The SMILES string of the molecule is CCCn1ncnc1Cn1ccc2ccc(C)cc21. The lowest BCUT2D eigenvalue weighted by Crippen LogP contribution is -2.09. The number of rotatable bonds is 4. The number of aromatic nitrogens is 4. The van der Waals surface area contributed by atoms with Crippen molar-refractivity contribution in [2.24, 2.45) is 0 Å². The second-order valence-corrected chi connectivity index (χ2v) is 4.91. The second-order valence-electron chi connectivity index (χ2n) is 4.91. The van der Waals surface area contributed by atoms with Gasteiger partial charge in [-0.2, -0.15) is 5.10 Å². The number of hydrogen-bond donors (Lipinski definition) is 0. The summed E-state index contributed by atoms with van der Waals surface area (Å²) in [5.41, 5.74) is 2.54. The van der Waals surface area contributed by atoms with Gasteiger partial charge in [0, 0.05) is 18.3 Å². The zero-order chi connectivity index (χ0) is 13.2. The number of nitrogens with zero attached hydrogens (tertiary/aromatic N) is 4. The van der Waals surface area contributed by atoms with E-state index in [0.717, 1.165) is 25.3 Å². The Morgan fingerprint density at radius 1 is 1.21 bits per heavy atom. The predicted molar refractivity (Wildman–Crippen MR) is 76.1 cm³/mol. The van der Waals surface area contributed by atoms with Crippen LogP contribution in [0.2, 0.25) is 0 Å². The topological polar surface area (TPSA) is 35.6 Å². The van der Waals surface area contributed by atoms with Crippen molar-refractivity contribution in [2.75, 3.05) is 0 Å². The molecule has 0 bridgehead atoms. The lowest BCUT2D eigenvalue weighted by molar-refractivity contribution is 0.557. The average molecular weight is 254 g/mol. The monoisotopic (exact) mass is 254 g/mol. The van der Waals surface area contributed by atoms with Gasteiger partial charge in [0.05, 0.1) is 6.54 Å². The molecule has 0 atom stereocenters. The summed E-state index contributed by atoms with van der Waals surface area (Å²) in [5.74, 6) is 1.01. The standard InChI is InChI=1S/C15H18N4/c1-3-7-19-15(16-11-17-19)10-18-8-6-13-5-4-12(2)9-14(13)18/h4-6,8-9,11H,3,7,10H2,1-2H3. The molecule has 3 rings (SSSR count). The van der Waals surface area contributed by atoms with E-state index >= 15 is 0 Å². The Balaban J connectivity index is 1.96. The average Bonchev–Trinajstić information content (AvgIpc) is 2.99. The van der Waals surface area contributed by atoms with Gasteiger partial charge in [0.2, 0.25) is 0 Å². The van der Waals surface area contributed by atoms with E-state index in [1.54, 1.807) is 6.33 Å². The quantitative estimate of drug-likeness (QED) is 0.717. The Bertz CT molecular complexity index is 693. The highest BCUT2D eigenvalue weighted by Crippen LogP contribution is 2.18. The van der Waals surface area contributed by atoms with E-state index in [-0.39, 0.29) is 0 Å². The maximum absolute atomic E-state index is 4.37. The van der Waals surface area contributed by atoms with Gasteiger partial charge in [0.25, 0.3) is 0 Å². The van der Waals surface area contributed by atoms with E-state index < -0.39 is 0 Å². The first kappa shape index (κ1) is 12.0. The van der Waals surface area contributed by atoms with Crippen LogP contribution in [0.1, 0.15) is 24.7 Å². The molecule has 19 heavy (non-hydrogen) atoms. The summed E-state index contributed by atoms with van der Waals surface area (Å²) >= 11 is 0. The Morgan fingerprint density at radius 2 is 2.11 bits per heavy atom. The van der Waals surface area contributed by atoms with E-state index in [4.69, 9.17) is 0 Å². The molecule has 0 N–H and O–H groups in total. The van der Waals surface area contributed by atoms with Crippen molar-refractivity contribution in [3.8, 4) is 0 Å². The maximum atomic E-state index is 4.37. The number of aryl methyl sites for hydroxylation is 2. The number of fused-ring (bicyclic) bond motifs is 1. The summed E-state index contributed by atoms with van der Waals surface area (Å²) in [5, 5.41) is 5.55. The van der Waals surface area contributed by atoms with Gasteiger partial charge in [-0.3, -0.25) is 0 Å². The summed E-state index contributed by atoms with van der Waals surface area (Å²) in [6.45, 7) is 5.97. The van der Waals surface area contributed by atoms with Crippen molar-refractivity contribution in [1.82, 2.24) is 19.3 Å². The normalized spacial score (nSPS) is 11.3. The molecule has 0 aliphatic carbocycles. The van der Waals surface area contributed by atoms with Gasteiger partial charge in [0.15, 0.2) is 0 Å². The van der Waals surface area contributed by atoms with Crippen LogP contribution in [0.15, 0.2) is 36.8 Å². The molecule has 0 fully saturated rings. The Kier molecular flexibility index (Phi) is 3.07. The smallest absolute Gasteiger partial charge is 0.146 e. The van der Waals surface area contributed by atoms with Crippen LogP contribution in [-0.4, -0.2) is 19.3 Å². The minimum atomic E-state index is 0.771. The highest BCUT2D eigenvalue weighted by Gasteiger charge is 2.07. The Labute approximate surface area is 112 Å². The van der Waals surface area contributed by atoms with Crippen molar-refractivity contribution < 1.29 is 0 Å². The fourth-order valence-electron chi connectivity index (χ4n) is 2.39. The third-order valence-corrected chi connectivity index (χ3v) is 3.37. The summed E-state index contributed by atoms with van der Waals surface area (Å²) < 4.78 is 4.22. The fourth-order valence-corrected chi connectivity index (χ4v) is 2.39. The Morgan fingerprint density at radius 3 is 2.95 bits per heavy atom. The molecule has 4 heteroatoms. The van der Waals surface area contributed by atoms with Crippen molar-refractivity contribution >= 4 is 10.9 Å². The van der Waals surface area contributed by atoms with Gasteiger partial charge in [-0.05, 0) is 36.4 Å². The third-order valence-electron chi connectivity index (χ3n) is 3.37. The number of hydrogen-bond acceptors (Lipinski definition) is 2. The molecule has 1 aromatic carbocycles. The van der Waals surface area contributed by atoms with Gasteiger partial charge in [-0.1, -0.05) is 19.1 Å². The van der Waals surface area contributed by atoms with E-state index in [9.17, 15) is 0 Å². The Hall–Kier alpha value is -2.10. The molecular weight excluding hydrogens is 236 g/mol. The van der Waals surface area contributed by atoms with Crippen LogP contribution in [0.4, 0.5) is 0 Å². The van der Waals surface area contributed by atoms with Crippen molar-refractivity contribution in [3.05, 3.63) is 48.2 Å². The summed E-state index contributed by atoms with van der Waals surface area (Å²) in [7, 11) is 0. The van der Waals surface area contributed by atoms with Crippen LogP contribution in [0.5, 0.6) is 0 Å². The van der Waals surface area contributed by atoms with Gasteiger partial charge < -0.3 is 4.57 Å². The molecule has 0 amide bonds. The van der Waals surface area contributed by atoms with E-state index in [0.29, 0.717) is 0 Å². The van der Waals surface area contributed by atoms with Gasteiger partial charge >= 0.3 is 0 Å². The highest BCUT2D eigenvalue weighted by atomic mass is 15.3. The first-order valence-corrected chi connectivity index (χ1v) is 6.70. The van der Waals surface area contributed by atoms with E-state index in [1.165, 1.54) is 16.5 Å². The van der Waals surface area contributed by atoms with Crippen LogP contribution in [0.3, 0.4) is 0 Å². The van der Waals surface area contributed by atoms with Crippen LogP contribution in [0, 0.1) is 6.92 Å². The van der Waals surface area contributed by atoms with Crippen molar-refractivity contribution in [1.29, 1.82) is 0 Å². The van der Waals surface area contributed by atoms with Crippen LogP contribution < -0.4 is 0 Å². The van der Waals surface area contributed by atoms with Crippen molar-refractivity contribution in [3.63, 3.8) is 0 Å². The zero-order valence-electron chi connectivity index (χ0n) is 11.4. The van der Waals surface area contributed by atoms with E-state index in [1.807, 2.05) is 4.68 Å². The summed E-state index contributed by atoms with van der Waals surface area (Å²) in [6, 6.07) is 8.68. The zero-order valence-corrected chi connectivity index (χ0v) is 11.4. The van der Waals surface area contributed by atoms with E-state index in [2.05, 4.69) is 59.0 Å². The molecule has 0 saturated heterocycles.